The van der Waals surface area contributed by atoms with Crippen molar-refractivity contribution in [1.29, 1.82) is 5.26 Å². The van der Waals surface area contributed by atoms with Gasteiger partial charge in [-0.1, -0.05) is 0 Å². The maximum atomic E-state index is 11.3. The molecular formula is C9H17N3O. The fourth-order valence-electron chi connectivity index (χ4n) is 0.892. The minimum Gasteiger partial charge on any atom is -0.336 e. The molecule has 2 amide bonds. The Balaban J connectivity index is 3.91. The number of carbonyl (C=O) groups is 1. The Morgan fingerprint density at radius 2 is 2.08 bits per heavy atom. The molecule has 1 N–H and O–H groups in total. The first kappa shape index (κ1) is 11.8. The van der Waals surface area contributed by atoms with Gasteiger partial charge in [0.25, 0.3) is 0 Å². The predicted molar refractivity (Wildman–Crippen MR) is 51.1 cm³/mol. The lowest BCUT2D eigenvalue weighted by atomic mass is 10.2. The Morgan fingerprint density at radius 1 is 1.54 bits per heavy atom. The lowest BCUT2D eigenvalue weighted by molar-refractivity contribution is 0.203. The summed E-state index contributed by atoms with van der Waals surface area (Å²) in [5.41, 5.74) is 0. The predicted octanol–water partition coefficient (Wildman–Crippen LogP) is 1.20. The zero-order valence-corrected chi connectivity index (χ0v) is 8.66. The number of rotatable bonds is 3. The molecule has 4 heteroatoms. The quantitative estimate of drug-likeness (QED) is 0.714. The molecule has 0 aliphatic carbocycles. The van der Waals surface area contributed by atoms with E-state index >= 15 is 0 Å². The van der Waals surface area contributed by atoms with Gasteiger partial charge in [-0.2, -0.15) is 5.26 Å². The highest BCUT2D eigenvalue weighted by molar-refractivity contribution is 5.74. The van der Waals surface area contributed by atoms with E-state index in [9.17, 15) is 4.79 Å². The molecule has 0 aliphatic heterocycles. The van der Waals surface area contributed by atoms with E-state index in [1.165, 1.54) is 4.90 Å². The Bertz CT molecular complexity index is 207. The molecule has 0 aliphatic rings. The summed E-state index contributed by atoms with van der Waals surface area (Å²) in [5, 5.41) is 11.3. The van der Waals surface area contributed by atoms with E-state index in [1.54, 1.807) is 14.0 Å². The Hall–Kier alpha value is -1.24. The molecule has 4 nitrogen and oxygen atoms in total. The topological polar surface area (TPSA) is 56.1 Å². The molecule has 0 fully saturated rings. The average molecular weight is 183 g/mol. The van der Waals surface area contributed by atoms with Crippen LogP contribution in [0.1, 0.15) is 20.8 Å². The van der Waals surface area contributed by atoms with Crippen LogP contribution in [-0.2, 0) is 0 Å². The summed E-state index contributed by atoms with van der Waals surface area (Å²) < 4.78 is 0. The van der Waals surface area contributed by atoms with E-state index in [1.807, 2.05) is 13.8 Å². The van der Waals surface area contributed by atoms with Crippen LogP contribution in [0.5, 0.6) is 0 Å². The van der Waals surface area contributed by atoms with Crippen LogP contribution in [0.2, 0.25) is 0 Å². The summed E-state index contributed by atoms with van der Waals surface area (Å²) in [4.78, 5) is 12.8. The van der Waals surface area contributed by atoms with Gasteiger partial charge in [0.1, 0.15) is 0 Å². The first-order valence-corrected chi connectivity index (χ1v) is 4.38. The molecule has 0 aromatic rings. The van der Waals surface area contributed by atoms with Crippen LogP contribution >= 0.6 is 0 Å². The zero-order chi connectivity index (χ0) is 10.4. The van der Waals surface area contributed by atoms with E-state index < -0.39 is 0 Å². The van der Waals surface area contributed by atoms with Crippen molar-refractivity contribution in [2.45, 2.75) is 26.8 Å². The van der Waals surface area contributed by atoms with Crippen LogP contribution in [0.3, 0.4) is 0 Å². The van der Waals surface area contributed by atoms with Crippen molar-refractivity contribution in [2.75, 3.05) is 13.6 Å². The summed E-state index contributed by atoms with van der Waals surface area (Å²) in [6, 6.07) is 2.09. The molecule has 1 unspecified atom stereocenters. The highest BCUT2D eigenvalue weighted by Crippen LogP contribution is 1.96. The number of nitrogens with one attached hydrogen (secondary N) is 1. The number of nitrogens with zero attached hydrogens (tertiary/aromatic N) is 2. The van der Waals surface area contributed by atoms with Crippen molar-refractivity contribution in [3.05, 3.63) is 0 Å². The summed E-state index contributed by atoms with van der Waals surface area (Å²) in [7, 11) is 1.69. The Labute approximate surface area is 79.5 Å². The smallest absolute Gasteiger partial charge is 0.317 e. The number of nitriles is 1. The van der Waals surface area contributed by atoms with Gasteiger partial charge in [-0.05, 0) is 20.8 Å². The number of hydrogen-bond donors (Lipinski definition) is 1. The highest BCUT2D eigenvalue weighted by atomic mass is 16.2. The van der Waals surface area contributed by atoms with Crippen molar-refractivity contribution in [3.63, 3.8) is 0 Å². The molecule has 0 radical (unpaired) electrons. The zero-order valence-electron chi connectivity index (χ0n) is 8.66. The third-order valence-corrected chi connectivity index (χ3v) is 1.53. The number of amides is 2. The van der Waals surface area contributed by atoms with Crippen molar-refractivity contribution in [2.24, 2.45) is 5.92 Å². The SMILES string of the molecule is CC(C#N)CN(C)C(=O)NC(C)C. The third kappa shape index (κ3) is 5.07. The van der Waals surface area contributed by atoms with Gasteiger partial charge in [-0.25, -0.2) is 4.79 Å². The monoisotopic (exact) mass is 183 g/mol. The van der Waals surface area contributed by atoms with E-state index in [-0.39, 0.29) is 18.0 Å². The van der Waals surface area contributed by atoms with Crippen LogP contribution in [0, 0.1) is 17.2 Å². The minimum atomic E-state index is -0.128. The molecule has 0 heterocycles. The van der Waals surface area contributed by atoms with E-state index in [0.717, 1.165) is 0 Å². The van der Waals surface area contributed by atoms with Crippen LogP contribution < -0.4 is 5.32 Å². The van der Waals surface area contributed by atoms with Gasteiger partial charge < -0.3 is 10.2 Å². The maximum Gasteiger partial charge on any atom is 0.317 e. The molecule has 0 spiro atoms. The molecule has 13 heavy (non-hydrogen) atoms. The molecule has 1 atom stereocenters. The van der Waals surface area contributed by atoms with Crippen molar-refractivity contribution >= 4 is 6.03 Å². The second-order valence-electron chi connectivity index (χ2n) is 3.51. The van der Waals surface area contributed by atoms with Gasteiger partial charge >= 0.3 is 6.03 Å². The number of carbonyl (C=O) groups excluding carboxylic acids is 1. The van der Waals surface area contributed by atoms with Gasteiger partial charge in [-0.3, -0.25) is 0 Å². The molecule has 74 valence electrons. The molecule has 0 saturated carbocycles. The summed E-state index contributed by atoms with van der Waals surface area (Å²) in [6.07, 6.45) is 0. The molecule has 0 bridgehead atoms. The second-order valence-corrected chi connectivity index (χ2v) is 3.51. The fourth-order valence-corrected chi connectivity index (χ4v) is 0.892. The standard InChI is InChI=1S/C9H17N3O/c1-7(2)11-9(13)12(4)6-8(3)5-10/h7-8H,6H2,1-4H3,(H,11,13). The third-order valence-electron chi connectivity index (χ3n) is 1.53. The van der Waals surface area contributed by atoms with Crippen LogP contribution in [0.25, 0.3) is 0 Å². The first-order chi connectivity index (χ1) is 5.97. The Kier molecular flexibility index (Phi) is 4.90. The summed E-state index contributed by atoms with van der Waals surface area (Å²) in [6.45, 7) is 6.06. The molecule has 0 rings (SSSR count). The molecule has 0 aromatic carbocycles. The van der Waals surface area contributed by atoms with E-state index in [0.29, 0.717) is 6.54 Å². The van der Waals surface area contributed by atoms with Crippen molar-refractivity contribution in [3.8, 4) is 6.07 Å². The van der Waals surface area contributed by atoms with Gasteiger partial charge in [0.05, 0.1) is 12.0 Å². The van der Waals surface area contributed by atoms with Crippen molar-refractivity contribution in [1.82, 2.24) is 10.2 Å². The second kappa shape index (κ2) is 5.41. The van der Waals surface area contributed by atoms with Gasteiger partial charge in [-0.15, -0.1) is 0 Å². The normalized spacial score (nSPS) is 12.0. The van der Waals surface area contributed by atoms with E-state index in [4.69, 9.17) is 5.26 Å². The van der Waals surface area contributed by atoms with Gasteiger partial charge in [0, 0.05) is 19.6 Å². The van der Waals surface area contributed by atoms with Crippen LogP contribution in [0.15, 0.2) is 0 Å². The highest BCUT2D eigenvalue weighted by Gasteiger charge is 2.11. The van der Waals surface area contributed by atoms with Crippen LogP contribution in [-0.4, -0.2) is 30.6 Å². The van der Waals surface area contributed by atoms with E-state index in [2.05, 4.69) is 11.4 Å². The van der Waals surface area contributed by atoms with Gasteiger partial charge in [0.2, 0.25) is 0 Å². The van der Waals surface area contributed by atoms with Crippen molar-refractivity contribution < 1.29 is 4.79 Å². The fraction of sp³-hybridized carbons (Fsp3) is 0.778. The average Bonchev–Trinajstić information content (AvgIpc) is 2.02. The summed E-state index contributed by atoms with van der Waals surface area (Å²) in [5.74, 6) is -0.122. The molecule has 0 aromatic heterocycles. The summed E-state index contributed by atoms with van der Waals surface area (Å²) >= 11 is 0. The van der Waals surface area contributed by atoms with Crippen LogP contribution in [0.4, 0.5) is 4.79 Å². The Morgan fingerprint density at radius 3 is 2.46 bits per heavy atom. The van der Waals surface area contributed by atoms with Gasteiger partial charge in [0.15, 0.2) is 0 Å². The lowest BCUT2D eigenvalue weighted by Crippen LogP contribution is -2.42. The number of urea groups is 1. The largest absolute Gasteiger partial charge is 0.336 e. The molecule has 0 saturated heterocycles. The maximum absolute atomic E-state index is 11.3. The minimum absolute atomic E-state index is 0.122. The number of hydrogen-bond acceptors (Lipinski definition) is 2. The first-order valence-electron chi connectivity index (χ1n) is 4.38. The lowest BCUT2D eigenvalue weighted by Gasteiger charge is -2.20. The molecular weight excluding hydrogens is 166 g/mol.